The summed E-state index contributed by atoms with van der Waals surface area (Å²) < 4.78 is 15.5. The average molecular weight is 565 g/mol. The molecule has 0 N–H and O–H groups in total. The molecule has 1 atom stereocenters. The third-order valence-corrected chi connectivity index (χ3v) is 7.48. The van der Waals surface area contributed by atoms with Gasteiger partial charge < -0.3 is 13.7 Å². The average Bonchev–Trinajstić information content (AvgIpc) is 3.52. The fraction of sp³-hybridized carbons (Fsp3) is 0.182. The lowest BCUT2D eigenvalue weighted by Gasteiger charge is -2.14. The SMILES string of the molecule is CC[C@@H](C)Oc1ccc(-n2c(C)cc(C=Nn3c(-c4cc5cc(Cl)ccc5o4)nc4ccccc4c3=O)c2C)cc1. The van der Waals surface area contributed by atoms with E-state index in [-0.39, 0.29) is 11.7 Å². The predicted molar refractivity (Wildman–Crippen MR) is 165 cm³/mol. The number of aryl methyl sites for hydroxylation is 1. The Morgan fingerprint density at radius 1 is 1.05 bits per heavy atom. The van der Waals surface area contributed by atoms with Crippen LogP contribution in [-0.2, 0) is 0 Å². The van der Waals surface area contributed by atoms with Crippen LogP contribution >= 0.6 is 11.6 Å². The van der Waals surface area contributed by atoms with Gasteiger partial charge in [0.2, 0.25) is 5.82 Å². The minimum absolute atomic E-state index is 0.161. The van der Waals surface area contributed by atoms with E-state index in [2.05, 4.69) is 23.5 Å². The zero-order valence-corrected chi connectivity index (χ0v) is 24.0. The molecule has 6 rings (SSSR count). The van der Waals surface area contributed by atoms with Gasteiger partial charge in [0.05, 0.1) is 23.2 Å². The first-order chi connectivity index (χ1) is 19.8. The van der Waals surface area contributed by atoms with Crippen LogP contribution in [0, 0.1) is 13.8 Å². The molecule has 8 heteroatoms. The van der Waals surface area contributed by atoms with E-state index < -0.39 is 0 Å². The summed E-state index contributed by atoms with van der Waals surface area (Å²) in [5.74, 6) is 1.58. The van der Waals surface area contributed by atoms with Crippen LogP contribution in [0.15, 0.2) is 93.2 Å². The van der Waals surface area contributed by atoms with Crippen LogP contribution in [0.1, 0.15) is 37.2 Å². The first-order valence-electron chi connectivity index (χ1n) is 13.5. The zero-order chi connectivity index (χ0) is 28.7. The molecule has 0 aliphatic heterocycles. The number of para-hydroxylation sites is 1. The van der Waals surface area contributed by atoms with Crippen LogP contribution in [0.4, 0.5) is 0 Å². The van der Waals surface area contributed by atoms with Crippen molar-refractivity contribution in [1.29, 1.82) is 0 Å². The molecular weight excluding hydrogens is 536 g/mol. The summed E-state index contributed by atoms with van der Waals surface area (Å²) >= 11 is 6.19. The number of ether oxygens (including phenoxy) is 1. The zero-order valence-electron chi connectivity index (χ0n) is 23.3. The van der Waals surface area contributed by atoms with Crippen molar-refractivity contribution in [1.82, 2.24) is 14.2 Å². The third-order valence-electron chi connectivity index (χ3n) is 7.24. The quantitative estimate of drug-likeness (QED) is 0.184. The summed E-state index contributed by atoms with van der Waals surface area (Å²) in [7, 11) is 0. The summed E-state index contributed by atoms with van der Waals surface area (Å²) in [5, 5.41) is 6.53. The molecule has 0 aliphatic rings. The molecule has 7 nitrogen and oxygen atoms in total. The Labute approximate surface area is 242 Å². The van der Waals surface area contributed by atoms with Crippen molar-refractivity contribution in [3.63, 3.8) is 0 Å². The van der Waals surface area contributed by atoms with E-state index in [1.807, 2.05) is 68.4 Å². The van der Waals surface area contributed by atoms with Crippen LogP contribution in [-0.4, -0.2) is 26.5 Å². The topological polar surface area (TPSA) is 74.6 Å². The molecule has 0 saturated carbocycles. The van der Waals surface area contributed by atoms with Gasteiger partial charge in [0.15, 0.2) is 5.76 Å². The molecule has 41 heavy (non-hydrogen) atoms. The smallest absolute Gasteiger partial charge is 0.282 e. The van der Waals surface area contributed by atoms with Crippen LogP contribution in [0.25, 0.3) is 39.1 Å². The second-order valence-corrected chi connectivity index (χ2v) is 10.5. The van der Waals surface area contributed by atoms with E-state index >= 15 is 0 Å². The predicted octanol–water partition coefficient (Wildman–Crippen LogP) is 7.93. The molecule has 0 bridgehead atoms. The monoisotopic (exact) mass is 564 g/mol. The number of benzene rings is 3. The third kappa shape index (κ3) is 5.05. The molecular formula is C33H29ClN4O3. The highest BCUT2D eigenvalue weighted by molar-refractivity contribution is 6.31. The molecule has 206 valence electrons. The van der Waals surface area contributed by atoms with Gasteiger partial charge in [-0.25, -0.2) is 4.98 Å². The number of nitrogens with zero attached hydrogens (tertiary/aromatic N) is 4. The van der Waals surface area contributed by atoms with Gasteiger partial charge in [-0.3, -0.25) is 4.79 Å². The Bertz CT molecular complexity index is 1980. The fourth-order valence-corrected chi connectivity index (χ4v) is 5.12. The Morgan fingerprint density at radius 3 is 2.61 bits per heavy atom. The van der Waals surface area contributed by atoms with E-state index in [9.17, 15) is 4.79 Å². The van der Waals surface area contributed by atoms with Crippen molar-refractivity contribution in [3.8, 4) is 23.0 Å². The summed E-state index contributed by atoms with van der Waals surface area (Å²) in [6.45, 7) is 8.24. The Hall–Kier alpha value is -4.62. The molecule has 3 heterocycles. The highest BCUT2D eigenvalue weighted by Gasteiger charge is 2.17. The molecule has 3 aromatic heterocycles. The van der Waals surface area contributed by atoms with Crippen molar-refractivity contribution < 1.29 is 9.15 Å². The lowest BCUT2D eigenvalue weighted by atomic mass is 10.2. The number of rotatable bonds is 7. The largest absolute Gasteiger partial charge is 0.491 e. The molecule has 0 aliphatic carbocycles. The van der Waals surface area contributed by atoms with Crippen molar-refractivity contribution in [3.05, 3.63) is 111 Å². The molecule has 3 aromatic carbocycles. The van der Waals surface area contributed by atoms with Gasteiger partial charge in [-0.1, -0.05) is 30.7 Å². The minimum atomic E-state index is -0.286. The number of furan rings is 1. The van der Waals surface area contributed by atoms with Gasteiger partial charge in [0, 0.05) is 33.0 Å². The fourth-order valence-electron chi connectivity index (χ4n) is 4.94. The first kappa shape index (κ1) is 26.6. The van der Waals surface area contributed by atoms with Gasteiger partial charge in [0.1, 0.15) is 11.3 Å². The van der Waals surface area contributed by atoms with Crippen LogP contribution < -0.4 is 10.3 Å². The maximum atomic E-state index is 13.7. The van der Waals surface area contributed by atoms with Crippen molar-refractivity contribution in [2.24, 2.45) is 5.10 Å². The number of hydrogen-bond donors (Lipinski definition) is 0. The Kier molecular flexibility index (Phi) is 6.97. The molecule has 0 fully saturated rings. The van der Waals surface area contributed by atoms with Crippen LogP contribution in [0.5, 0.6) is 5.75 Å². The Morgan fingerprint density at radius 2 is 1.83 bits per heavy atom. The van der Waals surface area contributed by atoms with E-state index in [1.165, 1.54) is 4.68 Å². The van der Waals surface area contributed by atoms with Crippen molar-refractivity contribution in [2.75, 3.05) is 0 Å². The summed E-state index contributed by atoms with van der Waals surface area (Å²) in [6, 6.07) is 24.5. The summed E-state index contributed by atoms with van der Waals surface area (Å²) in [6.07, 6.45) is 2.80. The second-order valence-electron chi connectivity index (χ2n) is 10.1. The van der Waals surface area contributed by atoms with E-state index in [4.69, 9.17) is 25.7 Å². The first-order valence-corrected chi connectivity index (χ1v) is 13.9. The van der Waals surface area contributed by atoms with Crippen molar-refractivity contribution >= 4 is 39.7 Å². The number of hydrogen-bond acceptors (Lipinski definition) is 5. The van der Waals surface area contributed by atoms with Gasteiger partial charge in [-0.15, -0.1) is 0 Å². The van der Waals surface area contributed by atoms with Gasteiger partial charge in [0.25, 0.3) is 5.56 Å². The van der Waals surface area contributed by atoms with Gasteiger partial charge in [-0.2, -0.15) is 9.78 Å². The standard InChI is InChI=1S/C33H29ClN4O3/c1-5-21(3)40-27-13-11-26(12-14-27)37-20(2)16-24(22(37)4)19-35-38-32(36-29-9-7-6-8-28(29)33(38)39)31-18-23-17-25(34)10-15-30(23)41-31/h6-19,21H,5H2,1-4H3/t21-/m1/s1. The molecule has 0 spiro atoms. The maximum Gasteiger partial charge on any atom is 0.282 e. The molecule has 0 radical (unpaired) electrons. The maximum absolute atomic E-state index is 13.7. The second kappa shape index (κ2) is 10.7. The lowest BCUT2D eigenvalue weighted by Crippen LogP contribution is -2.20. The summed E-state index contributed by atoms with van der Waals surface area (Å²) in [5.41, 5.74) is 4.85. The molecule has 0 unspecified atom stereocenters. The van der Waals surface area contributed by atoms with E-state index in [0.29, 0.717) is 33.1 Å². The number of halogens is 1. The summed E-state index contributed by atoms with van der Waals surface area (Å²) in [4.78, 5) is 18.4. The van der Waals surface area contributed by atoms with Crippen LogP contribution in [0.3, 0.4) is 0 Å². The minimum Gasteiger partial charge on any atom is -0.491 e. The Balaban J connectivity index is 1.42. The molecule has 0 saturated heterocycles. The van der Waals surface area contributed by atoms with E-state index in [1.54, 1.807) is 30.5 Å². The number of fused-ring (bicyclic) bond motifs is 2. The van der Waals surface area contributed by atoms with E-state index in [0.717, 1.165) is 40.2 Å². The van der Waals surface area contributed by atoms with Crippen LogP contribution in [0.2, 0.25) is 5.02 Å². The molecule has 6 aromatic rings. The molecule has 0 amide bonds. The highest BCUT2D eigenvalue weighted by Crippen LogP contribution is 2.29. The van der Waals surface area contributed by atoms with Gasteiger partial charge >= 0.3 is 0 Å². The lowest BCUT2D eigenvalue weighted by molar-refractivity contribution is 0.217. The van der Waals surface area contributed by atoms with Gasteiger partial charge in [-0.05, 0) is 93.9 Å². The highest BCUT2D eigenvalue weighted by atomic mass is 35.5. The van der Waals surface area contributed by atoms with Crippen molar-refractivity contribution in [2.45, 2.75) is 40.2 Å². The number of aromatic nitrogens is 3. The normalized spacial score (nSPS) is 12.5.